The van der Waals surface area contributed by atoms with Gasteiger partial charge in [-0.3, -0.25) is 0 Å². The molecule has 16 heavy (non-hydrogen) atoms. The van der Waals surface area contributed by atoms with Crippen LogP contribution in [0.5, 0.6) is 5.75 Å². The van der Waals surface area contributed by atoms with E-state index in [1.807, 2.05) is 32.0 Å². The van der Waals surface area contributed by atoms with Gasteiger partial charge in [0.1, 0.15) is 5.75 Å². The van der Waals surface area contributed by atoms with Crippen LogP contribution in [0.1, 0.15) is 11.3 Å². The number of imidazole rings is 1. The molecular formula is C12H15N3O. The van der Waals surface area contributed by atoms with Crippen molar-refractivity contribution in [2.75, 3.05) is 12.4 Å². The minimum atomic E-state index is 0.755. The van der Waals surface area contributed by atoms with Crippen LogP contribution in [0.3, 0.4) is 0 Å². The third-order valence-electron chi connectivity index (χ3n) is 2.39. The lowest BCUT2D eigenvalue weighted by Gasteiger charge is -2.08. The zero-order chi connectivity index (χ0) is 11.5. The number of nitrogens with zero attached hydrogens (tertiary/aromatic N) is 1. The van der Waals surface area contributed by atoms with E-state index in [4.69, 9.17) is 4.74 Å². The molecule has 4 nitrogen and oxygen atoms in total. The zero-order valence-corrected chi connectivity index (χ0v) is 9.66. The van der Waals surface area contributed by atoms with Crippen molar-refractivity contribution in [2.45, 2.75) is 13.8 Å². The van der Waals surface area contributed by atoms with Crippen LogP contribution in [0.25, 0.3) is 0 Å². The molecule has 2 N–H and O–H groups in total. The fourth-order valence-corrected chi connectivity index (χ4v) is 1.51. The lowest BCUT2D eigenvalue weighted by molar-refractivity contribution is 0.414. The molecule has 2 aromatic rings. The largest absolute Gasteiger partial charge is 0.497 e. The normalized spacial score (nSPS) is 10.2. The highest BCUT2D eigenvalue weighted by atomic mass is 16.5. The van der Waals surface area contributed by atoms with Crippen molar-refractivity contribution in [2.24, 2.45) is 0 Å². The second-order valence-corrected chi connectivity index (χ2v) is 3.72. The summed E-state index contributed by atoms with van der Waals surface area (Å²) in [5.74, 6) is 1.62. The summed E-state index contributed by atoms with van der Waals surface area (Å²) < 4.78 is 5.15. The maximum Gasteiger partial charge on any atom is 0.204 e. The third kappa shape index (κ3) is 2.16. The molecule has 0 unspecified atom stereocenters. The maximum atomic E-state index is 5.15. The molecule has 4 heteroatoms. The molecule has 1 aromatic heterocycles. The Morgan fingerprint density at radius 3 is 2.69 bits per heavy atom. The summed E-state index contributed by atoms with van der Waals surface area (Å²) in [5.41, 5.74) is 3.18. The number of nitrogens with one attached hydrogen (secondary N) is 2. The number of hydrogen-bond acceptors (Lipinski definition) is 3. The average Bonchev–Trinajstić information content (AvgIpc) is 2.67. The topological polar surface area (TPSA) is 49.9 Å². The van der Waals surface area contributed by atoms with Gasteiger partial charge in [0.15, 0.2) is 0 Å². The predicted octanol–water partition coefficient (Wildman–Crippen LogP) is 2.78. The molecule has 0 aliphatic heterocycles. The van der Waals surface area contributed by atoms with Crippen LogP contribution in [-0.4, -0.2) is 17.1 Å². The van der Waals surface area contributed by atoms with E-state index in [1.54, 1.807) is 13.3 Å². The quantitative estimate of drug-likeness (QED) is 0.831. The molecule has 0 saturated heterocycles. The summed E-state index contributed by atoms with van der Waals surface area (Å²) in [7, 11) is 1.66. The Kier molecular flexibility index (Phi) is 2.81. The molecule has 0 saturated carbocycles. The minimum Gasteiger partial charge on any atom is -0.497 e. The first-order valence-electron chi connectivity index (χ1n) is 5.12. The van der Waals surface area contributed by atoms with Gasteiger partial charge in [-0.1, -0.05) is 0 Å². The highest BCUT2D eigenvalue weighted by Crippen LogP contribution is 2.23. The Labute approximate surface area is 94.7 Å². The van der Waals surface area contributed by atoms with Crippen LogP contribution in [0, 0.1) is 13.8 Å². The van der Waals surface area contributed by atoms with Gasteiger partial charge in [-0.25, -0.2) is 4.98 Å². The average molecular weight is 217 g/mol. The van der Waals surface area contributed by atoms with E-state index in [1.165, 1.54) is 0 Å². The Morgan fingerprint density at radius 2 is 2.12 bits per heavy atom. The van der Waals surface area contributed by atoms with E-state index < -0.39 is 0 Å². The molecule has 0 bridgehead atoms. The first-order chi connectivity index (χ1) is 7.69. The highest BCUT2D eigenvalue weighted by Gasteiger charge is 2.02. The molecule has 1 aromatic carbocycles. The van der Waals surface area contributed by atoms with Gasteiger partial charge in [0.2, 0.25) is 5.95 Å². The summed E-state index contributed by atoms with van der Waals surface area (Å²) >= 11 is 0. The summed E-state index contributed by atoms with van der Waals surface area (Å²) in [6.45, 7) is 4.00. The van der Waals surface area contributed by atoms with Crippen molar-refractivity contribution >= 4 is 11.6 Å². The molecular weight excluding hydrogens is 202 g/mol. The Morgan fingerprint density at radius 1 is 1.31 bits per heavy atom. The van der Waals surface area contributed by atoms with E-state index in [2.05, 4.69) is 15.3 Å². The van der Waals surface area contributed by atoms with Crippen molar-refractivity contribution in [3.8, 4) is 5.75 Å². The number of aryl methyl sites for hydroxylation is 2. The van der Waals surface area contributed by atoms with Crippen molar-refractivity contribution in [1.82, 2.24) is 9.97 Å². The smallest absolute Gasteiger partial charge is 0.204 e. The van der Waals surface area contributed by atoms with Crippen LogP contribution >= 0.6 is 0 Å². The number of H-pyrrole nitrogens is 1. The standard InChI is InChI=1S/C12H15N3O/c1-8-6-10(16-3)4-5-11(8)15-12-13-7-9(2)14-12/h4-7H,1-3H3,(H2,13,14,15). The number of hydrogen-bond donors (Lipinski definition) is 2. The van der Waals surface area contributed by atoms with Crippen molar-refractivity contribution in [3.05, 3.63) is 35.7 Å². The number of aromatic nitrogens is 2. The van der Waals surface area contributed by atoms with Gasteiger partial charge < -0.3 is 15.0 Å². The number of anilines is 2. The van der Waals surface area contributed by atoms with E-state index in [9.17, 15) is 0 Å². The molecule has 0 atom stereocenters. The van der Waals surface area contributed by atoms with Gasteiger partial charge in [-0.05, 0) is 37.6 Å². The molecule has 0 fully saturated rings. The number of benzene rings is 1. The second kappa shape index (κ2) is 4.26. The van der Waals surface area contributed by atoms with Crippen LogP contribution in [-0.2, 0) is 0 Å². The van der Waals surface area contributed by atoms with E-state index >= 15 is 0 Å². The summed E-state index contributed by atoms with van der Waals surface area (Å²) in [6.07, 6.45) is 1.79. The van der Waals surface area contributed by atoms with Crippen LogP contribution in [0.4, 0.5) is 11.6 Å². The zero-order valence-electron chi connectivity index (χ0n) is 9.66. The molecule has 0 spiro atoms. The van der Waals surface area contributed by atoms with Crippen molar-refractivity contribution < 1.29 is 4.74 Å². The van der Waals surface area contributed by atoms with E-state index in [0.717, 1.165) is 28.6 Å². The lowest BCUT2D eigenvalue weighted by atomic mass is 10.2. The fraction of sp³-hybridized carbons (Fsp3) is 0.250. The highest BCUT2D eigenvalue weighted by molar-refractivity contribution is 5.59. The number of aromatic amines is 1. The second-order valence-electron chi connectivity index (χ2n) is 3.72. The number of methoxy groups -OCH3 is 1. The Hall–Kier alpha value is -1.97. The molecule has 84 valence electrons. The SMILES string of the molecule is COc1ccc(Nc2ncc(C)[nH]2)c(C)c1. The summed E-state index contributed by atoms with van der Waals surface area (Å²) in [6, 6.07) is 5.88. The third-order valence-corrected chi connectivity index (χ3v) is 2.39. The molecule has 0 amide bonds. The first-order valence-corrected chi connectivity index (χ1v) is 5.12. The Balaban J connectivity index is 2.21. The van der Waals surface area contributed by atoms with Crippen molar-refractivity contribution in [1.29, 1.82) is 0 Å². The molecule has 1 heterocycles. The van der Waals surface area contributed by atoms with Crippen LogP contribution in [0.2, 0.25) is 0 Å². The molecule has 0 radical (unpaired) electrons. The van der Waals surface area contributed by atoms with Crippen molar-refractivity contribution in [3.63, 3.8) is 0 Å². The lowest BCUT2D eigenvalue weighted by Crippen LogP contribution is -1.95. The number of rotatable bonds is 3. The van der Waals surface area contributed by atoms with Gasteiger partial charge >= 0.3 is 0 Å². The monoisotopic (exact) mass is 217 g/mol. The van der Waals surface area contributed by atoms with Gasteiger partial charge in [0.25, 0.3) is 0 Å². The molecule has 0 aliphatic carbocycles. The molecule has 2 rings (SSSR count). The van der Waals surface area contributed by atoms with Gasteiger partial charge in [0, 0.05) is 17.6 Å². The minimum absolute atomic E-state index is 0.755. The Bertz CT molecular complexity index is 491. The predicted molar refractivity (Wildman–Crippen MR) is 64.3 cm³/mol. The summed E-state index contributed by atoms with van der Waals surface area (Å²) in [4.78, 5) is 7.32. The fourth-order valence-electron chi connectivity index (χ4n) is 1.51. The van der Waals surface area contributed by atoms with Gasteiger partial charge in [-0.2, -0.15) is 0 Å². The first kappa shape index (κ1) is 10.5. The maximum absolute atomic E-state index is 5.15. The van der Waals surface area contributed by atoms with Crippen LogP contribution < -0.4 is 10.1 Å². The van der Waals surface area contributed by atoms with E-state index in [-0.39, 0.29) is 0 Å². The molecule has 0 aliphatic rings. The van der Waals surface area contributed by atoms with E-state index in [0.29, 0.717) is 0 Å². The number of ether oxygens (including phenoxy) is 1. The summed E-state index contributed by atoms with van der Waals surface area (Å²) in [5, 5.41) is 3.22. The van der Waals surface area contributed by atoms with Crippen LogP contribution in [0.15, 0.2) is 24.4 Å². The van der Waals surface area contributed by atoms with Gasteiger partial charge in [-0.15, -0.1) is 0 Å². The van der Waals surface area contributed by atoms with Gasteiger partial charge in [0.05, 0.1) is 7.11 Å².